The lowest BCUT2D eigenvalue weighted by Gasteiger charge is -2.13. The summed E-state index contributed by atoms with van der Waals surface area (Å²) in [4.78, 5) is 28.9. The van der Waals surface area contributed by atoms with Gasteiger partial charge in [0.15, 0.2) is 11.6 Å². The van der Waals surface area contributed by atoms with E-state index in [0.29, 0.717) is 28.4 Å². The van der Waals surface area contributed by atoms with Gasteiger partial charge >= 0.3 is 6.18 Å². The molecule has 39 heavy (non-hydrogen) atoms. The molecule has 0 aliphatic rings. The zero-order valence-electron chi connectivity index (χ0n) is 20.5. The van der Waals surface area contributed by atoms with E-state index in [1.807, 2.05) is 43.5 Å². The second-order valence-electron chi connectivity index (χ2n) is 9.07. The van der Waals surface area contributed by atoms with Crippen LogP contribution in [0.25, 0.3) is 33.3 Å². The molecule has 0 aliphatic carbocycles. The Balaban J connectivity index is 1.33. The first-order valence-electron chi connectivity index (χ1n) is 12.0. The molecule has 6 rings (SSSR count). The number of nitrogens with zero attached hydrogens (tertiary/aromatic N) is 2. The number of benzene rings is 3. The minimum absolute atomic E-state index is 0.0529. The van der Waals surface area contributed by atoms with Crippen molar-refractivity contribution in [1.82, 2.24) is 19.9 Å². The van der Waals surface area contributed by atoms with Crippen molar-refractivity contribution >= 4 is 45.0 Å². The Kier molecular flexibility index (Phi) is 5.79. The molecule has 4 N–H and O–H groups in total. The molecule has 0 aliphatic heterocycles. The highest BCUT2D eigenvalue weighted by molar-refractivity contribution is 6.05. The van der Waals surface area contributed by atoms with Crippen molar-refractivity contribution < 1.29 is 18.0 Å². The van der Waals surface area contributed by atoms with E-state index in [1.54, 1.807) is 24.4 Å². The second-order valence-corrected chi connectivity index (χ2v) is 9.07. The minimum atomic E-state index is -4.51. The number of carbonyl (C=O) groups excluding carboxylic acids is 1. The van der Waals surface area contributed by atoms with Crippen molar-refractivity contribution in [3.63, 3.8) is 0 Å². The smallest absolute Gasteiger partial charge is 0.360 e. The van der Waals surface area contributed by atoms with Gasteiger partial charge in [-0.3, -0.25) is 4.79 Å². The maximum absolute atomic E-state index is 13.1. The van der Waals surface area contributed by atoms with Crippen LogP contribution >= 0.6 is 0 Å². The molecule has 10 heteroatoms. The lowest BCUT2D eigenvalue weighted by Crippen LogP contribution is -2.13. The summed E-state index contributed by atoms with van der Waals surface area (Å²) in [5.74, 6) is 0.506. The predicted molar refractivity (Wildman–Crippen MR) is 145 cm³/mol. The van der Waals surface area contributed by atoms with E-state index in [4.69, 9.17) is 9.97 Å². The van der Waals surface area contributed by atoms with E-state index in [2.05, 4.69) is 20.6 Å². The van der Waals surface area contributed by atoms with E-state index < -0.39 is 17.6 Å². The fourth-order valence-corrected chi connectivity index (χ4v) is 4.41. The zero-order chi connectivity index (χ0) is 27.1. The third-order valence-electron chi connectivity index (χ3n) is 6.44. The van der Waals surface area contributed by atoms with Crippen molar-refractivity contribution in [3.8, 4) is 11.4 Å². The predicted octanol–water partition coefficient (Wildman–Crippen LogP) is 7.43. The molecule has 3 aromatic heterocycles. The number of amides is 1. The molecule has 0 fully saturated rings. The Morgan fingerprint density at radius 3 is 2.62 bits per heavy atom. The molecule has 1 amide bonds. The van der Waals surface area contributed by atoms with Crippen LogP contribution in [0.5, 0.6) is 0 Å². The third-order valence-corrected chi connectivity index (χ3v) is 6.44. The Hall–Kier alpha value is -5.12. The number of halogens is 3. The summed E-state index contributed by atoms with van der Waals surface area (Å²) in [6.07, 6.45) is -0.866. The molecule has 194 valence electrons. The average Bonchev–Trinajstić information content (AvgIpc) is 3.57. The quantitative estimate of drug-likeness (QED) is 0.188. The van der Waals surface area contributed by atoms with Crippen LogP contribution in [0.15, 0.2) is 85.2 Å². The fourth-order valence-electron chi connectivity index (χ4n) is 4.41. The highest BCUT2D eigenvalue weighted by Crippen LogP contribution is 2.33. The largest absolute Gasteiger partial charge is 0.416 e. The van der Waals surface area contributed by atoms with Gasteiger partial charge in [0.05, 0.1) is 11.1 Å². The highest BCUT2D eigenvalue weighted by Gasteiger charge is 2.30. The van der Waals surface area contributed by atoms with Gasteiger partial charge in [0.25, 0.3) is 5.91 Å². The number of nitrogens with one attached hydrogen (secondary N) is 4. The number of alkyl halides is 3. The Morgan fingerprint density at radius 2 is 1.77 bits per heavy atom. The van der Waals surface area contributed by atoms with Gasteiger partial charge in [0.1, 0.15) is 5.52 Å². The molecule has 0 atom stereocenters. The zero-order valence-corrected chi connectivity index (χ0v) is 20.5. The first-order chi connectivity index (χ1) is 18.8. The normalized spacial score (nSPS) is 11.7. The van der Waals surface area contributed by atoms with Gasteiger partial charge in [-0.2, -0.15) is 13.2 Å². The first-order valence-corrected chi connectivity index (χ1v) is 12.0. The topological polar surface area (TPSA) is 98.5 Å². The van der Waals surface area contributed by atoms with E-state index in [-0.39, 0.29) is 11.3 Å². The summed E-state index contributed by atoms with van der Waals surface area (Å²) in [6.45, 7) is 1.88. The Morgan fingerprint density at radius 1 is 0.923 bits per heavy atom. The van der Waals surface area contributed by atoms with E-state index >= 15 is 0 Å². The van der Waals surface area contributed by atoms with Crippen LogP contribution in [0.2, 0.25) is 0 Å². The van der Waals surface area contributed by atoms with Crippen LogP contribution in [0, 0.1) is 6.92 Å². The summed E-state index contributed by atoms with van der Waals surface area (Å²) in [5, 5.41) is 6.86. The van der Waals surface area contributed by atoms with Crippen LogP contribution in [-0.4, -0.2) is 25.8 Å². The summed E-state index contributed by atoms with van der Waals surface area (Å²) in [5.41, 5.74) is 4.17. The summed E-state index contributed by atoms with van der Waals surface area (Å²) in [6, 6.07) is 19.3. The van der Waals surface area contributed by atoms with Crippen LogP contribution in [-0.2, 0) is 6.18 Å². The van der Waals surface area contributed by atoms with Gasteiger partial charge in [-0.05, 0) is 55.0 Å². The number of H-pyrrole nitrogens is 2. The van der Waals surface area contributed by atoms with Crippen molar-refractivity contribution in [2.75, 3.05) is 10.6 Å². The van der Waals surface area contributed by atoms with Gasteiger partial charge in [0, 0.05) is 45.8 Å². The van der Waals surface area contributed by atoms with Crippen LogP contribution < -0.4 is 10.6 Å². The van der Waals surface area contributed by atoms with Crippen LogP contribution in [0.4, 0.5) is 30.4 Å². The molecule has 0 unspecified atom stereocenters. The van der Waals surface area contributed by atoms with Crippen molar-refractivity contribution in [2.24, 2.45) is 0 Å². The molecule has 3 aromatic carbocycles. The molecule has 3 heterocycles. The molecule has 0 bridgehead atoms. The second kappa shape index (κ2) is 9.32. The number of fused-ring (bicyclic) bond motifs is 2. The maximum atomic E-state index is 13.1. The van der Waals surface area contributed by atoms with Gasteiger partial charge in [-0.15, -0.1) is 0 Å². The lowest BCUT2D eigenvalue weighted by molar-refractivity contribution is -0.137. The number of anilines is 3. The van der Waals surface area contributed by atoms with E-state index in [1.165, 1.54) is 12.1 Å². The molecule has 7 nitrogen and oxygen atoms in total. The number of rotatable bonds is 5. The van der Waals surface area contributed by atoms with Gasteiger partial charge < -0.3 is 20.6 Å². The monoisotopic (exact) mass is 526 g/mol. The number of hydrogen-bond donors (Lipinski definition) is 4. The minimum Gasteiger partial charge on any atom is -0.360 e. The number of carbonyl (C=O) groups is 1. The lowest BCUT2D eigenvalue weighted by atomic mass is 10.1. The summed E-state index contributed by atoms with van der Waals surface area (Å²) in [7, 11) is 0. The fraction of sp³-hybridized carbons (Fsp3) is 0.0690. The maximum Gasteiger partial charge on any atom is 0.416 e. The summed E-state index contributed by atoms with van der Waals surface area (Å²) >= 11 is 0. The molecule has 0 saturated carbocycles. The number of aryl methyl sites for hydroxylation is 1. The summed E-state index contributed by atoms with van der Waals surface area (Å²) < 4.78 is 39.2. The Labute approximate surface area is 220 Å². The highest BCUT2D eigenvalue weighted by atomic mass is 19.4. The number of aromatic nitrogens is 4. The molecular weight excluding hydrogens is 505 g/mol. The van der Waals surface area contributed by atoms with Gasteiger partial charge in [-0.1, -0.05) is 30.3 Å². The van der Waals surface area contributed by atoms with Crippen molar-refractivity contribution in [2.45, 2.75) is 13.1 Å². The van der Waals surface area contributed by atoms with Crippen molar-refractivity contribution in [3.05, 3.63) is 102 Å². The molecule has 0 saturated heterocycles. The molecule has 0 radical (unpaired) electrons. The SMILES string of the molecule is Cc1ccc(C(=O)Nc2cccc(C(F)(F)F)c2)cc1Nc1nc(-c2c[nH]c3ccccc23)nc2cc[nH]c12. The first kappa shape index (κ1) is 24.2. The number of aromatic amines is 2. The third kappa shape index (κ3) is 4.68. The van der Waals surface area contributed by atoms with Gasteiger partial charge in [0.2, 0.25) is 0 Å². The van der Waals surface area contributed by atoms with Crippen molar-refractivity contribution in [1.29, 1.82) is 0 Å². The van der Waals surface area contributed by atoms with E-state index in [9.17, 15) is 18.0 Å². The standard InChI is InChI=1S/C29H21F3N6O/c1-16-9-10-17(28(39)35-19-6-4-5-18(14-19)29(30,31)32)13-24(16)37-27-25-23(11-12-33-25)36-26(38-27)21-15-34-22-8-3-2-7-20(21)22/h2-15,33-34H,1H3,(H,35,39)(H,36,37,38). The number of hydrogen-bond acceptors (Lipinski definition) is 4. The number of para-hydroxylation sites is 1. The van der Waals surface area contributed by atoms with E-state index in [0.717, 1.165) is 34.2 Å². The molecular formula is C29H21F3N6O. The average molecular weight is 527 g/mol. The molecule has 0 spiro atoms. The van der Waals surface area contributed by atoms with Crippen LogP contribution in [0.1, 0.15) is 21.5 Å². The van der Waals surface area contributed by atoms with Gasteiger partial charge in [-0.25, -0.2) is 9.97 Å². The Bertz CT molecular complexity index is 1850. The molecule has 6 aromatic rings. The van der Waals surface area contributed by atoms with Crippen LogP contribution in [0.3, 0.4) is 0 Å².